The van der Waals surface area contributed by atoms with E-state index in [0.717, 1.165) is 27.7 Å². The summed E-state index contributed by atoms with van der Waals surface area (Å²) in [6, 6.07) is 32.3. The number of nitrogens with zero attached hydrogens (tertiary/aromatic N) is 14. The molecule has 0 saturated heterocycles. The number of halogens is 7. The lowest BCUT2D eigenvalue weighted by Crippen LogP contribution is -2.08. The van der Waals surface area contributed by atoms with Gasteiger partial charge in [-0.1, -0.05) is 85.8 Å². The Bertz CT molecular complexity index is 4640. The lowest BCUT2D eigenvalue weighted by Gasteiger charge is -2.12. The van der Waals surface area contributed by atoms with E-state index in [2.05, 4.69) is 101 Å². The first kappa shape index (κ1) is 71.6. The molecule has 0 aliphatic rings. The van der Waals surface area contributed by atoms with Crippen LogP contribution in [-0.4, -0.2) is 103 Å². The van der Waals surface area contributed by atoms with Gasteiger partial charge in [0, 0.05) is 29.0 Å². The normalized spacial score (nSPS) is 10.9. The summed E-state index contributed by atoms with van der Waals surface area (Å²) >= 11 is 17.8. The third-order valence-electron chi connectivity index (χ3n) is 13.0. The molecule has 5 aromatic heterocycles. The number of nitrogens with one attached hydrogen (secondary N) is 4. The van der Waals surface area contributed by atoms with Crippen molar-refractivity contribution in [2.24, 2.45) is 20.6 Å². The number of oxime groups is 4. The van der Waals surface area contributed by atoms with Crippen LogP contribution in [0.3, 0.4) is 0 Å². The van der Waals surface area contributed by atoms with Crippen LogP contribution in [-0.2, 0) is 39.0 Å². The molecule has 27 nitrogen and oxygen atoms in total. The summed E-state index contributed by atoms with van der Waals surface area (Å²) in [6.07, 6.45) is 12.8. The van der Waals surface area contributed by atoms with Crippen LogP contribution in [0.2, 0.25) is 15.1 Å². The summed E-state index contributed by atoms with van der Waals surface area (Å²) in [5, 5.41) is 32.9. The van der Waals surface area contributed by atoms with Crippen molar-refractivity contribution in [1.29, 1.82) is 0 Å². The zero-order valence-electron chi connectivity index (χ0n) is 52.1. The predicted octanol–water partition coefficient (Wildman–Crippen LogP) is 12.5. The second kappa shape index (κ2) is 35.9. The van der Waals surface area contributed by atoms with E-state index in [1.165, 1.54) is 133 Å². The first-order valence-corrected chi connectivity index (χ1v) is 29.6. The number of fused-ring (bicyclic) bond motifs is 1. The highest BCUT2D eigenvalue weighted by Gasteiger charge is 2.15. The number of nitrogens with two attached hydrogens (primary N) is 4. The summed E-state index contributed by atoms with van der Waals surface area (Å²) in [5.74, 6) is 1.81. The number of aromatic nitrogens is 10. The molecular formula is C64H59Cl3F4N22O5. The Balaban J connectivity index is 0.000000169. The first-order valence-electron chi connectivity index (χ1n) is 28.4. The minimum Gasteiger partial charge on any atom is -0.487 e. The van der Waals surface area contributed by atoms with E-state index in [1.807, 2.05) is 28.9 Å². The Labute approximate surface area is 571 Å². The molecule has 12 N–H and O–H groups in total. The summed E-state index contributed by atoms with van der Waals surface area (Å²) in [4.78, 5) is 50.8. The average Bonchev–Trinajstić information content (AvgIpc) is 1.60. The number of hydrogen-bond acceptors (Lipinski definition) is 26. The zero-order chi connectivity index (χ0) is 69.9. The molecule has 0 radical (unpaired) electrons. The van der Waals surface area contributed by atoms with E-state index in [9.17, 15) is 17.6 Å². The van der Waals surface area contributed by atoms with Crippen LogP contribution in [0.4, 0.5) is 81.2 Å². The van der Waals surface area contributed by atoms with E-state index < -0.39 is 11.6 Å². The van der Waals surface area contributed by atoms with Crippen LogP contribution in [0, 0.1) is 23.3 Å². The number of benzene rings is 6. The highest BCUT2D eigenvalue weighted by molar-refractivity contribution is 6.32. The van der Waals surface area contributed by atoms with Gasteiger partial charge in [0.05, 0.1) is 80.4 Å². The fraction of sp³-hybridized carbons (Fsp3) is 0.109. The molecule has 0 bridgehead atoms. The molecule has 0 aliphatic heterocycles. The zero-order valence-corrected chi connectivity index (χ0v) is 54.4. The minimum atomic E-state index is -0.499. The van der Waals surface area contributed by atoms with Crippen molar-refractivity contribution in [3.8, 4) is 5.75 Å². The topological polar surface area (TPSA) is 369 Å². The number of rotatable bonds is 22. The van der Waals surface area contributed by atoms with Gasteiger partial charge in [-0.05, 0) is 108 Å². The van der Waals surface area contributed by atoms with Gasteiger partial charge in [0.1, 0.15) is 136 Å². The van der Waals surface area contributed by atoms with Gasteiger partial charge in [-0.2, -0.15) is 5.10 Å². The van der Waals surface area contributed by atoms with Crippen molar-refractivity contribution in [3.63, 3.8) is 0 Å². The van der Waals surface area contributed by atoms with Gasteiger partial charge >= 0.3 is 0 Å². The van der Waals surface area contributed by atoms with Gasteiger partial charge < -0.3 is 68.3 Å². The van der Waals surface area contributed by atoms with Gasteiger partial charge in [0.15, 0.2) is 0 Å². The summed E-state index contributed by atoms with van der Waals surface area (Å²) < 4.78 is 60.4. The molecule has 0 fully saturated rings. The van der Waals surface area contributed by atoms with Crippen LogP contribution in [0.25, 0.3) is 10.9 Å². The molecule has 34 heteroatoms. The second-order valence-corrected chi connectivity index (χ2v) is 20.9. The van der Waals surface area contributed by atoms with Gasteiger partial charge in [0.25, 0.3) is 0 Å². The fourth-order valence-electron chi connectivity index (χ4n) is 8.41. The molecular weight excluding hydrogens is 1340 g/mol. The molecule has 5 heterocycles. The number of ether oxygens (including phenoxy) is 1. The van der Waals surface area contributed by atoms with Crippen molar-refractivity contribution in [3.05, 3.63) is 230 Å². The van der Waals surface area contributed by atoms with Crippen molar-refractivity contribution in [1.82, 2.24) is 49.7 Å². The number of nitrogen functional groups attached to an aromatic ring is 4. The Kier molecular flexibility index (Phi) is 26.2. The third-order valence-corrected chi connectivity index (χ3v) is 13.9. The monoisotopic (exact) mass is 1400 g/mol. The van der Waals surface area contributed by atoms with E-state index in [-0.39, 0.29) is 51.6 Å². The molecule has 0 spiro atoms. The molecule has 0 amide bonds. The molecule has 504 valence electrons. The van der Waals surface area contributed by atoms with Gasteiger partial charge in [0.2, 0.25) is 0 Å². The molecule has 0 unspecified atom stereocenters. The fourth-order valence-corrected chi connectivity index (χ4v) is 9.03. The molecule has 0 saturated carbocycles. The minimum absolute atomic E-state index is 0.00383. The summed E-state index contributed by atoms with van der Waals surface area (Å²) in [5.41, 5.74) is 30.6. The second-order valence-electron chi connectivity index (χ2n) is 19.6. The van der Waals surface area contributed by atoms with Crippen molar-refractivity contribution >= 4 is 134 Å². The maximum absolute atomic E-state index is 13.4. The molecule has 6 aromatic carbocycles. The lowest BCUT2D eigenvalue weighted by molar-refractivity contribution is 0.215. The van der Waals surface area contributed by atoms with E-state index in [1.54, 1.807) is 48.7 Å². The Morgan fingerprint density at radius 1 is 0.459 bits per heavy atom. The van der Waals surface area contributed by atoms with E-state index in [4.69, 9.17) is 67.3 Å². The van der Waals surface area contributed by atoms with Crippen LogP contribution in [0.5, 0.6) is 5.75 Å². The van der Waals surface area contributed by atoms with Crippen LogP contribution in [0.1, 0.15) is 38.9 Å². The molecule has 11 rings (SSSR count). The number of hydrogen-bond donors (Lipinski definition) is 8. The molecule has 0 atom stereocenters. The summed E-state index contributed by atoms with van der Waals surface area (Å²) in [6.45, 7) is 1.07. The van der Waals surface area contributed by atoms with Gasteiger partial charge in [-0.25, -0.2) is 57.4 Å². The van der Waals surface area contributed by atoms with Gasteiger partial charge in [-0.3, -0.25) is 4.68 Å². The van der Waals surface area contributed by atoms with E-state index in [0.29, 0.717) is 86.3 Å². The van der Waals surface area contributed by atoms with Crippen LogP contribution in [0.15, 0.2) is 173 Å². The molecule has 11 aromatic rings. The average molecular weight is 1400 g/mol. The molecule has 0 aliphatic carbocycles. The standard InChI is InChI=1S/C20H18FN7O.C19H17ClFN5O2.C13H13ClFN5O.C12H11ClFN5O/c1-29-26-10-17-19(22)23-12-24-20(17)27-16-5-6-18-14(8-16)9-25-28(18)11-13-3-2-4-15(21)7-13;1-27-25-9-15-18(22)23-11-24-19(15)26-14-5-6-17(16(20)8-14)28-10-12-3-2-4-13(21)7-12;1-21-20-6-9-12(16)18-7-19-13(9)17-5-8-2-3-11(15)10(14)4-8;1-20-18-5-8-11(15)16-6-17-12(8)19-7-2-3-10(14)9(13)4-7/h2-10,12H,11H2,1H3,(H3,22,23,24,27);2-9,11H,10H2,1H3,(H3,22,23,24,26);2-4,6-7H,5H2,1H3,(H3,16,17,18,19);2-6H,1H3,(H3,15,16,17,19)/b26-10+;25-9+;20-6+;18-5+. The van der Waals surface area contributed by atoms with Crippen molar-refractivity contribution in [2.75, 3.05) is 72.6 Å². The number of anilines is 11. The van der Waals surface area contributed by atoms with E-state index >= 15 is 0 Å². The Morgan fingerprint density at radius 3 is 1.37 bits per heavy atom. The predicted molar refractivity (Wildman–Crippen MR) is 372 cm³/mol. The highest BCUT2D eigenvalue weighted by Crippen LogP contribution is 2.32. The van der Waals surface area contributed by atoms with Crippen LogP contribution < -0.4 is 48.9 Å². The largest absolute Gasteiger partial charge is 0.487 e. The first-order chi connectivity index (χ1) is 47.4. The lowest BCUT2D eigenvalue weighted by atomic mass is 10.2. The Hall–Kier alpha value is -12.2. The SMILES string of the molecule is CO/N=C/c1c(N)ncnc1NCc1ccc(F)c(Cl)c1.CO/N=C/c1c(N)ncnc1Nc1ccc(F)c(Cl)c1.CO/N=C/c1c(N)ncnc1Nc1ccc(OCc2cccc(F)c2)c(Cl)c1.CO/N=C/c1c(N)ncnc1Nc1ccc2c(cnn2Cc2cccc(F)c2)c1. The third kappa shape index (κ3) is 20.6. The smallest absolute Gasteiger partial charge is 0.144 e. The van der Waals surface area contributed by atoms with Crippen LogP contribution >= 0.6 is 34.8 Å². The maximum atomic E-state index is 13.4. The van der Waals surface area contributed by atoms with Crippen molar-refractivity contribution < 1.29 is 41.6 Å². The Morgan fingerprint density at radius 2 is 0.888 bits per heavy atom. The maximum Gasteiger partial charge on any atom is 0.144 e. The van der Waals surface area contributed by atoms with Gasteiger partial charge in [-0.15, -0.1) is 0 Å². The quantitative estimate of drug-likeness (QED) is 0.0177. The van der Waals surface area contributed by atoms with Crippen molar-refractivity contribution in [2.45, 2.75) is 19.7 Å². The highest BCUT2D eigenvalue weighted by atomic mass is 35.5. The molecule has 98 heavy (non-hydrogen) atoms. The summed E-state index contributed by atoms with van der Waals surface area (Å²) in [7, 11) is 5.69.